The molecule has 1 aromatic heterocycles. The Hall–Kier alpha value is -1.83. The Kier molecular flexibility index (Phi) is 2.98. The van der Waals surface area contributed by atoms with Crippen LogP contribution in [-0.2, 0) is 0 Å². The highest BCUT2D eigenvalue weighted by atomic mass is 79.9. The molecule has 0 aromatic carbocycles. The van der Waals surface area contributed by atoms with E-state index in [4.69, 9.17) is 0 Å². The SMILES string of the molecule is Br/C(=N\N=C1N=NN=N1)c1ccncc1. The molecule has 0 spiro atoms. The molecule has 0 saturated heterocycles. The van der Waals surface area contributed by atoms with E-state index in [1.807, 2.05) is 0 Å². The van der Waals surface area contributed by atoms with Gasteiger partial charge in [-0.05, 0) is 38.5 Å². The summed E-state index contributed by atoms with van der Waals surface area (Å²) in [5, 5.41) is 21.1. The molecule has 0 aliphatic carbocycles. The fraction of sp³-hybridized carbons (Fsp3) is 0. The zero-order valence-corrected chi connectivity index (χ0v) is 8.90. The van der Waals surface area contributed by atoms with Crippen LogP contribution in [-0.4, -0.2) is 15.6 Å². The van der Waals surface area contributed by atoms with Crippen molar-refractivity contribution in [2.45, 2.75) is 0 Å². The molecule has 0 N–H and O–H groups in total. The lowest BCUT2D eigenvalue weighted by atomic mass is 10.3. The third kappa shape index (κ3) is 2.56. The molecule has 1 aliphatic heterocycles. The van der Waals surface area contributed by atoms with Gasteiger partial charge >= 0.3 is 5.96 Å². The van der Waals surface area contributed by atoms with Crippen LogP contribution < -0.4 is 0 Å². The van der Waals surface area contributed by atoms with Crippen LogP contribution in [0, 0.1) is 0 Å². The van der Waals surface area contributed by atoms with Crippen LogP contribution in [0.2, 0.25) is 0 Å². The predicted octanol–water partition coefficient (Wildman–Crippen LogP) is 2.33. The average Bonchev–Trinajstić information content (AvgIpc) is 2.80. The van der Waals surface area contributed by atoms with Gasteiger partial charge in [-0.3, -0.25) is 4.98 Å². The van der Waals surface area contributed by atoms with Crippen molar-refractivity contribution in [2.24, 2.45) is 30.9 Å². The number of hydrogen-bond donors (Lipinski definition) is 0. The molecule has 0 atom stereocenters. The van der Waals surface area contributed by atoms with E-state index in [1.54, 1.807) is 24.5 Å². The number of aromatic nitrogens is 1. The highest BCUT2D eigenvalue weighted by Crippen LogP contribution is 2.06. The number of nitrogens with zero attached hydrogens (tertiary/aromatic N) is 7. The maximum absolute atomic E-state index is 3.89. The minimum atomic E-state index is 0.126. The first-order valence-corrected chi connectivity index (χ1v) is 4.69. The standard InChI is InChI=1S/C7H4BrN7/c8-6(5-1-3-9-4-2-5)10-11-7-12-14-15-13-7/h1-4H/b10-6-. The molecule has 0 fully saturated rings. The number of rotatable bonds is 2. The molecule has 0 radical (unpaired) electrons. The maximum atomic E-state index is 3.89. The highest BCUT2D eigenvalue weighted by Gasteiger charge is 2.01. The summed E-state index contributed by atoms with van der Waals surface area (Å²) in [5.41, 5.74) is 0.862. The van der Waals surface area contributed by atoms with Crippen LogP contribution in [0.25, 0.3) is 0 Å². The molecule has 0 unspecified atom stereocenters. The molecular formula is C7H4BrN7. The van der Waals surface area contributed by atoms with Crippen molar-refractivity contribution < 1.29 is 0 Å². The summed E-state index contributed by atoms with van der Waals surface area (Å²) in [4.78, 5) is 3.89. The quantitative estimate of drug-likeness (QED) is 0.596. The molecule has 2 heterocycles. The van der Waals surface area contributed by atoms with Gasteiger partial charge in [-0.2, -0.15) is 0 Å². The van der Waals surface area contributed by atoms with E-state index in [0.717, 1.165) is 5.56 Å². The summed E-state index contributed by atoms with van der Waals surface area (Å²) in [6, 6.07) is 3.59. The molecule has 0 bridgehead atoms. The molecule has 8 heteroatoms. The van der Waals surface area contributed by atoms with Gasteiger partial charge in [0.15, 0.2) is 0 Å². The van der Waals surface area contributed by atoms with Gasteiger partial charge in [-0.15, -0.1) is 10.2 Å². The fourth-order valence-corrected chi connectivity index (χ4v) is 1.16. The Morgan fingerprint density at radius 1 is 1.13 bits per heavy atom. The van der Waals surface area contributed by atoms with Crippen molar-refractivity contribution in [2.75, 3.05) is 0 Å². The normalized spacial score (nSPS) is 14.7. The van der Waals surface area contributed by atoms with Gasteiger partial charge in [0.1, 0.15) is 4.62 Å². The Morgan fingerprint density at radius 3 is 2.47 bits per heavy atom. The largest absolute Gasteiger partial charge is 0.309 e. The van der Waals surface area contributed by atoms with Crippen LogP contribution in [0.3, 0.4) is 0 Å². The second-order valence-corrected chi connectivity index (χ2v) is 3.16. The van der Waals surface area contributed by atoms with E-state index < -0.39 is 0 Å². The summed E-state index contributed by atoms with van der Waals surface area (Å²) in [6.07, 6.45) is 3.32. The minimum Gasteiger partial charge on any atom is -0.265 e. The number of guanidine groups is 1. The lowest BCUT2D eigenvalue weighted by Crippen LogP contribution is -1.90. The molecule has 0 amide bonds. The van der Waals surface area contributed by atoms with Crippen molar-refractivity contribution in [3.8, 4) is 0 Å². The van der Waals surface area contributed by atoms with E-state index in [1.165, 1.54) is 0 Å². The molecular weight excluding hydrogens is 262 g/mol. The second-order valence-electron chi connectivity index (χ2n) is 2.41. The maximum Gasteiger partial charge on any atom is 0.309 e. The highest BCUT2D eigenvalue weighted by molar-refractivity contribution is 9.18. The van der Waals surface area contributed by atoms with E-state index in [0.29, 0.717) is 4.62 Å². The smallest absolute Gasteiger partial charge is 0.265 e. The Labute approximate surface area is 92.9 Å². The minimum absolute atomic E-state index is 0.126. The fourth-order valence-electron chi connectivity index (χ4n) is 0.816. The van der Waals surface area contributed by atoms with Crippen molar-refractivity contribution >= 4 is 26.5 Å². The number of pyridine rings is 1. The summed E-state index contributed by atoms with van der Waals surface area (Å²) in [5.74, 6) is 0.126. The second kappa shape index (κ2) is 4.60. The summed E-state index contributed by atoms with van der Waals surface area (Å²) < 4.78 is 0.565. The van der Waals surface area contributed by atoms with E-state index in [9.17, 15) is 0 Å². The van der Waals surface area contributed by atoms with E-state index in [-0.39, 0.29) is 5.96 Å². The average molecular weight is 266 g/mol. The van der Waals surface area contributed by atoms with Crippen molar-refractivity contribution in [1.29, 1.82) is 0 Å². The molecule has 15 heavy (non-hydrogen) atoms. The molecule has 7 nitrogen and oxygen atoms in total. The summed E-state index contributed by atoms with van der Waals surface area (Å²) in [7, 11) is 0. The Balaban J connectivity index is 2.18. The van der Waals surface area contributed by atoms with Gasteiger partial charge in [-0.25, -0.2) is 0 Å². The molecule has 2 rings (SSSR count). The van der Waals surface area contributed by atoms with Crippen LogP contribution in [0.5, 0.6) is 0 Å². The lowest BCUT2D eigenvalue weighted by Gasteiger charge is -1.93. The van der Waals surface area contributed by atoms with Crippen molar-refractivity contribution in [3.05, 3.63) is 30.1 Å². The monoisotopic (exact) mass is 265 g/mol. The predicted molar refractivity (Wildman–Crippen MR) is 56.8 cm³/mol. The van der Waals surface area contributed by atoms with Crippen LogP contribution in [0.15, 0.2) is 55.4 Å². The van der Waals surface area contributed by atoms with Gasteiger partial charge in [0.2, 0.25) is 0 Å². The summed E-state index contributed by atoms with van der Waals surface area (Å²) >= 11 is 3.26. The first kappa shape index (κ1) is 9.71. The molecule has 1 aliphatic rings. The zero-order chi connectivity index (χ0) is 10.5. The third-order valence-corrected chi connectivity index (χ3v) is 2.07. The topological polar surface area (TPSA) is 87.0 Å². The van der Waals surface area contributed by atoms with Crippen molar-refractivity contribution in [1.82, 2.24) is 4.98 Å². The molecule has 1 aromatic rings. The van der Waals surface area contributed by atoms with E-state index in [2.05, 4.69) is 51.8 Å². The number of hydrogen-bond acceptors (Lipinski definition) is 5. The van der Waals surface area contributed by atoms with Crippen molar-refractivity contribution in [3.63, 3.8) is 0 Å². The molecule has 0 saturated carbocycles. The van der Waals surface area contributed by atoms with Gasteiger partial charge in [0.25, 0.3) is 0 Å². The third-order valence-electron chi connectivity index (χ3n) is 1.45. The lowest BCUT2D eigenvalue weighted by molar-refractivity contribution is 1.06. The summed E-state index contributed by atoms with van der Waals surface area (Å²) in [6.45, 7) is 0. The Bertz CT molecular complexity index is 447. The van der Waals surface area contributed by atoms with Gasteiger partial charge in [-0.1, -0.05) is 10.2 Å². The van der Waals surface area contributed by atoms with Gasteiger partial charge < -0.3 is 0 Å². The first-order valence-electron chi connectivity index (χ1n) is 3.89. The van der Waals surface area contributed by atoms with Crippen LogP contribution >= 0.6 is 15.9 Å². The van der Waals surface area contributed by atoms with E-state index >= 15 is 0 Å². The van der Waals surface area contributed by atoms with Gasteiger partial charge in [0, 0.05) is 18.0 Å². The van der Waals surface area contributed by atoms with Gasteiger partial charge in [0.05, 0.1) is 0 Å². The number of halogens is 1. The Morgan fingerprint density at radius 2 is 1.80 bits per heavy atom. The van der Waals surface area contributed by atoms with Crippen LogP contribution in [0.1, 0.15) is 5.56 Å². The molecule has 74 valence electrons. The first-order chi connectivity index (χ1) is 7.36. The zero-order valence-electron chi connectivity index (χ0n) is 7.32. The van der Waals surface area contributed by atoms with Crippen LogP contribution in [0.4, 0.5) is 0 Å².